The fourth-order valence-electron chi connectivity index (χ4n) is 1.74. The van der Waals surface area contributed by atoms with Crippen LogP contribution in [-0.2, 0) is 6.54 Å². The van der Waals surface area contributed by atoms with Crippen molar-refractivity contribution in [3.05, 3.63) is 41.5 Å². The van der Waals surface area contributed by atoms with E-state index >= 15 is 0 Å². The molecular weight excluding hydrogens is 222 g/mol. The molecule has 0 saturated carbocycles. The number of rotatable bonds is 8. The number of para-hydroxylation sites is 1. The molecule has 0 aliphatic rings. The van der Waals surface area contributed by atoms with Crippen LogP contribution in [0.5, 0.6) is 5.75 Å². The van der Waals surface area contributed by atoms with Crippen molar-refractivity contribution >= 4 is 0 Å². The van der Waals surface area contributed by atoms with Gasteiger partial charge in [-0.3, -0.25) is 0 Å². The molecule has 2 heteroatoms. The molecule has 0 aromatic heterocycles. The molecule has 0 bridgehead atoms. The van der Waals surface area contributed by atoms with E-state index in [2.05, 4.69) is 50.9 Å². The van der Waals surface area contributed by atoms with Crippen LogP contribution in [0, 0.1) is 6.92 Å². The summed E-state index contributed by atoms with van der Waals surface area (Å²) in [6.45, 7) is 12.9. The van der Waals surface area contributed by atoms with Crippen LogP contribution in [0.2, 0.25) is 0 Å². The summed E-state index contributed by atoms with van der Waals surface area (Å²) in [6, 6.07) is 6.30. The Bertz CT molecular complexity index is 385. The molecule has 0 saturated heterocycles. The molecule has 18 heavy (non-hydrogen) atoms. The fourth-order valence-corrected chi connectivity index (χ4v) is 1.74. The zero-order chi connectivity index (χ0) is 13.4. The van der Waals surface area contributed by atoms with E-state index in [1.54, 1.807) is 0 Å². The Hall–Kier alpha value is -1.28. The molecule has 0 aliphatic carbocycles. The summed E-state index contributed by atoms with van der Waals surface area (Å²) in [4.78, 5) is 0. The Morgan fingerprint density at radius 2 is 2.11 bits per heavy atom. The lowest BCUT2D eigenvalue weighted by Gasteiger charge is -2.15. The van der Waals surface area contributed by atoms with Crippen molar-refractivity contribution in [2.24, 2.45) is 0 Å². The SMILES string of the molecule is C=C(CC)COc1c(C)cccc1CNCCC. The first-order valence-corrected chi connectivity index (χ1v) is 6.77. The molecule has 0 unspecified atom stereocenters. The van der Waals surface area contributed by atoms with Gasteiger partial charge < -0.3 is 10.1 Å². The van der Waals surface area contributed by atoms with E-state index in [0.29, 0.717) is 6.61 Å². The summed E-state index contributed by atoms with van der Waals surface area (Å²) in [7, 11) is 0. The molecule has 0 spiro atoms. The molecule has 0 heterocycles. The van der Waals surface area contributed by atoms with Gasteiger partial charge in [-0.1, -0.05) is 38.6 Å². The van der Waals surface area contributed by atoms with Gasteiger partial charge in [-0.2, -0.15) is 0 Å². The lowest BCUT2D eigenvalue weighted by molar-refractivity contribution is 0.342. The van der Waals surface area contributed by atoms with Gasteiger partial charge in [0.05, 0.1) is 0 Å². The second kappa shape index (κ2) is 7.93. The second-order valence-corrected chi connectivity index (χ2v) is 4.63. The topological polar surface area (TPSA) is 21.3 Å². The minimum Gasteiger partial charge on any atom is -0.489 e. The first-order chi connectivity index (χ1) is 8.69. The minimum atomic E-state index is 0.613. The standard InChI is InChI=1S/C16H25NO/c1-5-10-17-11-15-9-7-8-14(4)16(15)18-12-13(3)6-2/h7-9,17H,3,5-6,10-12H2,1-2,4H3. The van der Waals surface area contributed by atoms with Crippen LogP contribution in [0.4, 0.5) is 0 Å². The summed E-state index contributed by atoms with van der Waals surface area (Å²) < 4.78 is 5.91. The average Bonchev–Trinajstić information content (AvgIpc) is 2.38. The largest absolute Gasteiger partial charge is 0.489 e. The highest BCUT2D eigenvalue weighted by atomic mass is 16.5. The first kappa shape index (κ1) is 14.8. The monoisotopic (exact) mass is 247 g/mol. The molecule has 0 aliphatic heterocycles. The fraction of sp³-hybridized carbons (Fsp3) is 0.500. The van der Waals surface area contributed by atoms with Gasteiger partial charge in [-0.25, -0.2) is 0 Å². The Balaban J connectivity index is 2.70. The number of hydrogen-bond donors (Lipinski definition) is 1. The van der Waals surface area contributed by atoms with Crippen LogP contribution in [0.1, 0.15) is 37.8 Å². The van der Waals surface area contributed by atoms with Gasteiger partial charge in [-0.15, -0.1) is 0 Å². The van der Waals surface area contributed by atoms with Gasteiger partial charge in [-0.05, 0) is 37.4 Å². The smallest absolute Gasteiger partial charge is 0.127 e. The van der Waals surface area contributed by atoms with E-state index < -0.39 is 0 Å². The maximum Gasteiger partial charge on any atom is 0.127 e. The van der Waals surface area contributed by atoms with Crippen LogP contribution in [0.3, 0.4) is 0 Å². The quantitative estimate of drug-likeness (QED) is 0.556. The van der Waals surface area contributed by atoms with Gasteiger partial charge in [0, 0.05) is 12.1 Å². The van der Waals surface area contributed by atoms with Crippen LogP contribution >= 0.6 is 0 Å². The molecule has 2 nitrogen and oxygen atoms in total. The van der Waals surface area contributed by atoms with Crippen LogP contribution in [0.15, 0.2) is 30.4 Å². The predicted molar refractivity (Wildman–Crippen MR) is 78.1 cm³/mol. The molecular formula is C16H25NO. The van der Waals surface area contributed by atoms with Gasteiger partial charge >= 0.3 is 0 Å². The second-order valence-electron chi connectivity index (χ2n) is 4.63. The first-order valence-electron chi connectivity index (χ1n) is 6.77. The van der Waals surface area contributed by atoms with E-state index in [1.807, 2.05) is 0 Å². The third kappa shape index (κ3) is 4.53. The van der Waals surface area contributed by atoms with Gasteiger partial charge in [0.15, 0.2) is 0 Å². The molecule has 1 aromatic rings. The van der Waals surface area contributed by atoms with Crippen molar-refractivity contribution in [3.8, 4) is 5.75 Å². The van der Waals surface area contributed by atoms with Gasteiger partial charge in [0.25, 0.3) is 0 Å². The van der Waals surface area contributed by atoms with Crippen molar-refractivity contribution in [1.82, 2.24) is 5.32 Å². The minimum absolute atomic E-state index is 0.613. The molecule has 1 rings (SSSR count). The highest BCUT2D eigenvalue weighted by Gasteiger charge is 2.06. The third-order valence-corrected chi connectivity index (χ3v) is 2.96. The third-order valence-electron chi connectivity index (χ3n) is 2.96. The van der Waals surface area contributed by atoms with E-state index in [9.17, 15) is 0 Å². The summed E-state index contributed by atoms with van der Waals surface area (Å²) in [5.41, 5.74) is 3.55. The van der Waals surface area contributed by atoms with Crippen LogP contribution in [0.25, 0.3) is 0 Å². The Kier molecular flexibility index (Phi) is 6.51. The van der Waals surface area contributed by atoms with E-state index in [-0.39, 0.29) is 0 Å². The normalized spacial score (nSPS) is 10.4. The van der Waals surface area contributed by atoms with Gasteiger partial charge in [0.2, 0.25) is 0 Å². The van der Waals surface area contributed by atoms with Crippen LogP contribution < -0.4 is 10.1 Å². The number of benzene rings is 1. The lowest BCUT2D eigenvalue weighted by Crippen LogP contribution is -2.15. The molecule has 0 amide bonds. The van der Waals surface area contributed by atoms with E-state index in [4.69, 9.17) is 4.74 Å². The average molecular weight is 247 g/mol. The Labute approximate surface area is 111 Å². The zero-order valence-electron chi connectivity index (χ0n) is 11.9. The predicted octanol–water partition coefficient (Wildman–Crippen LogP) is 3.84. The number of nitrogens with one attached hydrogen (secondary N) is 1. The van der Waals surface area contributed by atoms with E-state index in [0.717, 1.165) is 37.3 Å². The summed E-state index contributed by atoms with van der Waals surface area (Å²) in [6.07, 6.45) is 2.12. The lowest BCUT2D eigenvalue weighted by atomic mass is 10.1. The number of hydrogen-bond acceptors (Lipinski definition) is 2. The van der Waals surface area contributed by atoms with Crippen LogP contribution in [-0.4, -0.2) is 13.2 Å². The summed E-state index contributed by atoms with van der Waals surface area (Å²) in [5, 5.41) is 3.42. The highest BCUT2D eigenvalue weighted by molar-refractivity contribution is 5.41. The number of ether oxygens (including phenoxy) is 1. The molecule has 0 atom stereocenters. The molecule has 100 valence electrons. The highest BCUT2D eigenvalue weighted by Crippen LogP contribution is 2.24. The van der Waals surface area contributed by atoms with Crippen molar-refractivity contribution < 1.29 is 4.74 Å². The summed E-state index contributed by atoms with van der Waals surface area (Å²) >= 11 is 0. The molecule has 0 fully saturated rings. The van der Waals surface area contributed by atoms with Gasteiger partial charge in [0.1, 0.15) is 12.4 Å². The van der Waals surface area contributed by atoms with Crippen molar-refractivity contribution in [2.75, 3.05) is 13.2 Å². The molecule has 1 aromatic carbocycles. The maximum absolute atomic E-state index is 5.91. The maximum atomic E-state index is 5.91. The Morgan fingerprint density at radius 3 is 2.78 bits per heavy atom. The summed E-state index contributed by atoms with van der Waals surface area (Å²) in [5.74, 6) is 1.01. The van der Waals surface area contributed by atoms with Crippen molar-refractivity contribution in [1.29, 1.82) is 0 Å². The number of aryl methyl sites for hydroxylation is 1. The molecule has 1 N–H and O–H groups in total. The van der Waals surface area contributed by atoms with Crippen molar-refractivity contribution in [2.45, 2.75) is 40.2 Å². The zero-order valence-corrected chi connectivity index (χ0v) is 11.9. The Morgan fingerprint density at radius 1 is 1.33 bits per heavy atom. The van der Waals surface area contributed by atoms with E-state index in [1.165, 1.54) is 11.1 Å². The molecule has 0 radical (unpaired) electrons. The van der Waals surface area contributed by atoms with Crippen molar-refractivity contribution in [3.63, 3.8) is 0 Å².